The maximum atomic E-state index is 5.57. The fraction of sp³-hybridized carbons (Fsp3) is 1.00. The molecule has 0 radical (unpaired) electrons. The van der Waals surface area contributed by atoms with Crippen LogP contribution in [0.3, 0.4) is 0 Å². The number of hydrogen-bond acceptors (Lipinski definition) is 2. The molecule has 0 spiro atoms. The minimum atomic E-state index is -0.333. The van der Waals surface area contributed by atoms with E-state index >= 15 is 0 Å². The van der Waals surface area contributed by atoms with E-state index < -0.39 is 0 Å². The second-order valence-corrected chi connectivity index (χ2v) is 3.24. The predicted octanol–water partition coefficient (Wildman–Crippen LogP) is 1.71. The summed E-state index contributed by atoms with van der Waals surface area (Å²) in [6.45, 7) is 7.18. The minimum Gasteiger partial charge on any atom is -0.408 e. The Labute approximate surface area is 63.0 Å². The van der Waals surface area contributed by atoms with Crippen LogP contribution in [-0.4, -0.2) is 19.2 Å². The van der Waals surface area contributed by atoms with Crippen LogP contribution in [0, 0.1) is 0 Å². The van der Waals surface area contributed by atoms with E-state index in [1.54, 1.807) is 0 Å². The quantitative estimate of drug-likeness (QED) is 0.546. The van der Waals surface area contributed by atoms with E-state index in [0.29, 0.717) is 6.92 Å². The summed E-state index contributed by atoms with van der Waals surface area (Å²) in [4.78, 5) is 0. The molecular formula is C7H15BO2. The van der Waals surface area contributed by atoms with E-state index in [2.05, 4.69) is 6.92 Å². The van der Waals surface area contributed by atoms with Crippen LogP contribution in [0.1, 0.15) is 27.2 Å². The van der Waals surface area contributed by atoms with Gasteiger partial charge in [-0.3, -0.25) is 0 Å². The standard InChI is InChI=1S/C7H15BO2/c1-4-5-8-6-9-7(2,3)10-8/h4-6H2,1-3H3. The van der Waals surface area contributed by atoms with E-state index in [9.17, 15) is 0 Å². The lowest BCUT2D eigenvalue weighted by molar-refractivity contribution is -0.105. The predicted molar refractivity (Wildman–Crippen MR) is 42.0 cm³/mol. The Bertz CT molecular complexity index is 114. The highest BCUT2D eigenvalue weighted by Gasteiger charge is 2.34. The Balaban J connectivity index is 2.29. The molecule has 0 aromatic carbocycles. The molecule has 1 saturated heterocycles. The molecule has 0 aromatic rings. The largest absolute Gasteiger partial charge is 0.408 e. The molecule has 0 bridgehead atoms. The highest BCUT2D eigenvalue weighted by Crippen LogP contribution is 2.22. The average molecular weight is 142 g/mol. The Kier molecular flexibility index (Phi) is 2.37. The lowest BCUT2D eigenvalue weighted by Gasteiger charge is -2.17. The van der Waals surface area contributed by atoms with Gasteiger partial charge in [-0.25, -0.2) is 0 Å². The van der Waals surface area contributed by atoms with E-state index in [1.165, 1.54) is 6.42 Å². The molecule has 1 fully saturated rings. The van der Waals surface area contributed by atoms with Gasteiger partial charge in [-0.1, -0.05) is 13.3 Å². The molecule has 0 amide bonds. The Hall–Kier alpha value is -0.0151. The number of rotatable bonds is 2. The van der Waals surface area contributed by atoms with Crippen molar-refractivity contribution in [2.75, 3.05) is 6.51 Å². The fourth-order valence-electron chi connectivity index (χ4n) is 1.23. The van der Waals surface area contributed by atoms with Crippen LogP contribution in [0.15, 0.2) is 0 Å². The van der Waals surface area contributed by atoms with Crippen molar-refractivity contribution in [3.05, 3.63) is 0 Å². The Morgan fingerprint density at radius 1 is 1.50 bits per heavy atom. The molecule has 3 heteroatoms. The van der Waals surface area contributed by atoms with E-state index in [4.69, 9.17) is 9.39 Å². The Morgan fingerprint density at radius 2 is 2.20 bits per heavy atom. The van der Waals surface area contributed by atoms with Crippen LogP contribution < -0.4 is 0 Å². The maximum absolute atomic E-state index is 5.57. The lowest BCUT2D eigenvalue weighted by Crippen LogP contribution is -2.23. The van der Waals surface area contributed by atoms with Gasteiger partial charge >= 0.3 is 6.92 Å². The zero-order valence-corrected chi connectivity index (χ0v) is 7.02. The highest BCUT2D eigenvalue weighted by atomic mass is 16.7. The van der Waals surface area contributed by atoms with Gasteiger partial charge in [0.2, 0.25) is 0 Å². The first-order valence-electron chi connectivity index (χ1n) is 3.96. The summed E-state index contributed by atoms with van der Waals surface area (Å²) < 4.78 is 11.0. The van der Waals surface area contributed by atoms with Crippen LogP contribution in [0.25, 0.3) is 0 Å². The van der Waals surface area contributed by atoms with Crippen molar-refractivity contribution in [1.82, 2.24) is 0 Å². The first-order valence-corrected chi connectivity index (χ1v) is 3.96. The van der Waals surface area contributed by atoms with Crippen molar-refractivity contribution in [3.8, 4) is 0 Å². The average Bonchev–Trinajstić information content (AvgIpc) is 2.12. The first kappa shape index (κ1) is 8.09. The van der Waals surface area contributed by atoms with Crippen LogP contribution in [-0.2, 0) is 9.39 Å². The highest BCUT2D eigenvalue weighted by molar-refractivity contribution is 6.52. The summed E-state index contributed by atoms with van der Waals surface area (Å²) in [6.07, 6.45) is 2.29. The van der Waals surface area contributed by atoms with Crippen LogP contribution in [0.4, 0.5) is 0 Å². The molecule has 0 atom stereocenters. The van der Waals surface area contributed by atoms with Crippen molar-refractivity contribution >= 4 is 6.92 Å². The van der Waals surface area contributed by atoms with Crippen LogP contribution in [0.5, 0.6) is 0 Å². The van der Waals surface area contributed by atoms with Gasteiger partial charge in [0.1, 0.15) is 5.79 Å². The van der Waals surface area contributed by atoms with Gasteiger partial charge in [0, 0.05) is 0 Å². The van der Waals surface area contributed by atoms with E-state index in [0.717, 1.165) is 12.8 Å². The van der Waals surface area contributed by atoms with Crippen LogP contribution >= 0.6 is 0 Å². The van der Waals surface area contributed by atoms with E-state index in [-0.39, 0.29) is 5.79 Å². The monoisotopic (exact) mass is 142 g/mol. The van der Waals surface area contributed by atoms with Crippen molar-refractivity contribution in [1.29, 1.82) is 0 Å². The zero-order valence-electron chi connectivity index (χ0n) is 7.02. The zero-order chi connectivity index (χ0) is 7.61. The van der Waals surface area contributed by atoms with Gasteiger partial charge < -0.3 is 9.39 Å². The van der Waals surface area contributed by atoms with Gasteiger partial charge in [0.25, 0.3) is 0 Å². The van der Waals surface area contributed by atoms with Gasteiger partial charge in [0.15, 0.2) is 0 Å². The van der Waals surface area contributed by atoms with Crippen molar-refractivity contribution < 1.29 is 9.39 Å². The minimum absolute atomic E-state index is 0.333. The van der Waals surface area contributed by atoms with Gasteiger partial charge in [-0.05, 0) is 20.2 Å². The van der Waals surface area contributed by atoms with Gasteiger partial charge in [0.05, 0.1) is 6.51 Å². The molecule has 58 valence electrons. The molecule has 1 rings (SSSR count). The van der Waals surface area contributed by atoms with Gasteiger partial charge in [-0.15, -0.1) is 0 Å². The summed E-state index contributed by atoms with van der Waals surface area (Å²) in [6, 6.07) is 0. The summed E-state index contributed by atoms with van der Waals surface area (Å²) in [7, 11) is 0. The SMILES string of the molecule is CCCB1COC(C)(C)O1. The fourth-order valence-corrected chi connectivity index (χ4v) is 1.23. The maximum Gasteiger partial charge on any atom is 0.322 e. The van der Waals surface area contributed by atoms with Gasteiger partial charge in [-0.2, -0.15) is 0 Å². The van der Waals surface area contributed by atoms with E-state index in [1.807, 2.05) is 13.8 Å². The smallest absolute Gasteiger partial charge is 0.322 e. The normalized spacial score (nSPS) is 23.7. The van der Waals surface area contributed by atoms with Crippen LogP contribution in [0.2, 0.25) is 6.32 Å². The third-order valence-corrected chi connectivity index (χ3v) is 1.68. The second kappa shape index (κ2) is 2.93. The number of ether oxygens (including phenoxy) is 1. The summed E-state index contributed by atoms with van der Waals surface area (Å²) in [5, 5.41) is 0. The molecule has 0 aliphatic carbocycles. The summed E-state index contributed by atoms with van der Waals surface area (Å²) in [5.74, 6) is -0.333. The third kappa shape index (κ3) is 1.99. The molecule has 0 unspecified atom stereocenters. The van der Waals surface area contributed by atoms with Crippen molar-refractivity contribution in [3.63, 3.8) is 0 Å². The topological polar surface area (TPSA) is 18.5 Å². The summed E-state index contributed by atoms with van der Waals surface area (Å²) in [5.41, 5.74) is 0. The first-order chi connectivity index (χ1) is 4.64. The van der Waals surface area contributed by atoms with Crippen molar-refractivity contribution in [2.45, 2.75) is 39.3 Å². The molecule has 10 heavy (non-hydrogen) atoms. The number of hydrogen-bond donors (Lipinski definition) is 0. The molecule has 1 aliphatic heterocycles. The molecule has 0 N–H and O–H groups in total. The third-order valence-electron chi connectivity index (χ3n) is 1.68. The molecule has 0 saturated carbocycles. The Morgan fingerprint density at radius 3 is 2.60 bits per heavy atom. The molecule has 2 nitrogen and oxygen atoms in total. The lowest BCUT2D eigenvalue weighted by atomic mass is 9.65. The second-order valence-electron chi connectivity index (χ2n) is 3.24. The molecular weight excluding hydrogens is 127 g/mol. The summed E-state index contributed by atoms with van der Waals surface area (Å²) >= 11 is 0. The molecule has 1 heterocycles. The molecule has 0 aromatic heterocycles. The molecule has 1 aliphatic rings. The van der Waals surface area contributed by atoms with Crippen molar-refractivity contribution in [2.24, 2.45) is 0 Å².